The molecule has 0 aromatic carbocycles. The molecule has 0 aromatic heterocycles. The zero-order valence-electron chi connectivity index (χ0n) is 17.7. The van der Waals surface area contributed by atoms with Crippen LogP contribution in [0.2, 0.25) is 0 Å². The van der Waals surface area contributed by atoms with Crippen molar-refractivity contribution in [3.8, 4) is 0 Å². The maximum absolute atomic E-state index is 6.26. The van der Waals surface area contributed by atoms with Gasteiger partial charge in [0, 0.05) is 18.6 Å². The van der Waals surface area contributed by atoms with Gasteiger partial charge in [0.15, 0.2) is 0 Å². The van der Waals surface area contributed by atoms with Gasteiger partial charge in [-0.3, -0.25) is 0 Å². The van der Waals surface area contributed by atoms with Crippen LogP contribution in [0.3, 0.4) is 0 Å². The number of hydrogen-bond acceptors (Lipinski definition) is 4. The summed E-state index contributed by atoms with van der Waals surface area (Å²) in [6.07, 6.45) is 10.8. The van der Waals surface area contributed by atoms with Crippen LogP contribution in [0.4, 0.5) is 0 Å². The molecule has 27 heavy (non-hydrogen) atoms. The Bertz CT molecular complexity index is 529. The van der Waals surface area contributed by atoms with Crippen LogP contribution in [0.25, 0.3) is 0 Å². The average Bonchev–Trinajstić information content (AvgIpc) is 3.49. The van der Waals surface area contributed by atoms with Crippen molar-refractivity contribution in [1.82, 2.24) is 0 Å². The minimum Gasteiger partial charge on any atom is -0.400 e. The largest absolute Gasteiger partial charge is 0.490 e. The molecule has 152 valence electrons. The lowest BCUT2D eigenvalue weighted by Crippen LogP contribution is -2.41. The zero-order valence-corrected chi connectivity index (χ0v) is 17.7. The van der Waals surface area contributed by atoms with E-state index in [1.165, 1.54) is 31.2 Å². The van der Waals surface area contributed by atoms with Gasteiger partial charge in [-0.2, -0.15) is 0 Å². The summed E-state index contributed by atoms with van der Waals surface area (Å²) in [6.45, 7) is 12.0. The minimum atomic E-state index is -0.270. The number of rotatable bonds is 9. The maximum atomic E-state index is 6.26. The molecular formula is C22H37BO4. The normalized spacial score (nSPS) is 29.0. The SMILES string of the molecule is CC1(C)OB(C2=CCC(COCC3CC3)(COCC3CC3)CC2)OC1(C)C. The molecule has 0 amide bonds. The molecule has 1 saturated heterocycles. The van der Waals surface area contributed by atoms with E-state index in [4.69, 9.17) is 18.8 Å². The van der Waals surface area contributed by atoms with Crippen molar-refractivity contribution >= 4 is 7.12 Å². The smallest absolute Gasteiger partial charge is 0.400 e. The Hall–Kier alpha value is -0.355. The summed E-state index contributed by atoms with van der Waals surface area (Å²) in [5, 5.41) is 0. The molecule has 0 aromatic rings. The lowest BCUT2D eigenvalue weighted by Gasteiger charge is -2.36. The fraction of sp³-hybridized carbons (Fsp3) is 0.909. The molecule has 3 aliphatic carbocycles. The molecule has 4 nitrogen and oxygen atoms in total. The summed E-state index contributed by atoms with van der Waals surface area (Å²) in [5.74, 6) is 1.63. The van der Waals surface area contributed by atoms with Gasteiger partial charge in [-0.1, -0.05) is 6.08 Å². The van der Waals surface area contributed by atoms with Gasteiger partial charge in [0.1, 0.15) is 0 Å². The molecule has 0 bridgehead atoms. The van der Waals surface area contributed by atoms with E-state index in [0.29, 0.717) is 0 Å². The van der Waals surface area contributed by atoms with Gasteiger partial charge >= 0.3 is 7.12 Å². The van der Waals surface area contributed by atoms with E-state index in [2.05, 4.69) is 33.8 Å². The van der Waals surface area contributed by atoms with Crippen LogP contribution in [0, 0.1) is 17.3 Å². The Morgan fingerprint density at radius 2 is 1.44 bits per heavy atom. The van der Waals surface area contributed by atoms with Gasteiger partial charge in [0.2, 0.25) is 0 Å². The van der Waals surface area contributed by atoms with Crippen LogP contribution in [0.1, 0.15) is 72.6 Å². The average molecular weight is 376 g/mol. The number of allylic oxidation sites excluding steroid dienone is 2. The molecular weight excluding hydrogens is 339 g/mol. The molecule has 2 saturated carbocycles. The molecule has 4 rings (SSSR count). The highest BCUT2D eigenvalue weighted by Gasteiger charge is 2.53. The van der Waals surface area contributed by atoms with Crippen LogP contribution in [-0.4, -0.2) is 44.7 Å². The Morgan fingerprint density at radius 3 is 1.85 bits per heavy atom. The lowest BCUT2D eigenvalue weighted by atomic mass is 9.66. The fourth-order valence-corrected chi connectivity index (χ4v) is 3.93. The first-order chi connectivity index (χ1) is 12.8. The summed E-state index contributed by atoms with van der Waals surface area (Å²) in [6, 6.07) is 0. The van der Waals surface area contributed by atoms with E-state index < -0.39 is 0 Å². The van der Waals surface area contributed by atoms with Crippen molar-refractivity contribution in [3.63, 3.8) is 0 Å². The van der Waals surface area contributed by atoms with Gasteiger partial charge in [-0.15, -0.1) is 0 Å². The van der Waals surface area contributed by atoms with Crippen LogP contribution in [0.5, 0.6) is 0 Å². The number of hydrogen-bond donors (Lipinski definition) is 0. The quantitative estimate of drug-likeness (QED) is 0.553. The van der Waals surface area contributed by atoms with E-state index in [-0.39, 0.29) is 23.7 Å². The first-order valence-electron chi connectivity index (χ1n) is 11.0. The fourth-order valence-electron chi connectivity index (χ4n) is 3.93. The first kappa shape index (κ1) is 19.9. The number of ether oxygens (including phenoxy) is 2. The summed E-state index contributed by atoms with van der Waals surface area (Å²) < 4.78 is 24.8. The van der Waals surface area contributed by atoms with Gasteiger partial charge in [0.05, 0.1) is 24.4 Å². The van der Waals surface area contributed by atoms with Gasteiger partial charge in [-0.25, -0.2) is 0 Å². The molecule has 0 radical (unpaired) electrons. The van der Waals surface area contributed by atoms with Gasteiger partial charge in [0.25, 0.3) is 0 Å². The Kier molecular flexibility index (Phi) is 5.52. The predicted molar refractivity (Wildman–Crippen MR) is 108 cm³/mol. The molecule has 3 fully saturated rings. The third-order valence-corrected chi connectivity index (χ3v) is 7.21. The van der Waals surface area contributed by atoms with Crippen molar-refractivity contribution < 1.29 is 18.8 Å². The molecule has 4 aliphatic rings. The predicted octanol–water partition coefficient (Wildman–Crippen LogP) is 4.57. The van der Waals surface area contributed by atoms with E-state index >= 15 is 0 Å². The van der Waals surface area contributed by atoms with Gasteiger partial charge < -0.3 is 18.8 Å². The van der Waals surface area contributed by atoms with Crippen molar-refractivity contribution in [2.45, 2.75) is 83.8 Å². The van der Waals surface area contributed by atoms with Crippen molar-refractivity contribution in [2.24, 2.45) is 17.3 Å². The second kappa shape index (κ2) is 7.48. The monoisotopic (exact) mass is 376 g/mol. The van der Waals surface area contributed by atoms with Crippen molar-refractivity contribution in [2.75, 3.05) is 26.4 Å². The summed E-state index contributed by atoms with van der Waals surface area (Å²) in [7, 11) is -0.201. The standard InChI is InChI=1S/C22H37BO4/c1-20(2)21(3,4)27-23(26-20)19-9-11-22(12-10-19,15-24-13-17-5-6-17)16-25-14-18-7-8-18/h9,17-18H,5-8,10-16H2,1-4H3. The third kappa shape index (κ3) is 4.80. The molecule has 0 spiro atoms. The summed E-state index contributed by atoms with van der Waals surface area (Å²) in [5.41, 5.74) is 0.882. The Morgan fingerprint density at radius 1 is 0.926 bits per heavy atom. The second-order valence-electron chi connectivity index (χ2n) is 10.5. The van der Waals surface area contributed by atoms with E-state index in [1.54, 1.807) is 0 Å². The van der Waals surface area contributed by atoms with Crippen LogP contribution < -0.4 is 0 Å². The molecule has 1 aliphatic heterocycles. The molecule has 0 unspecified atom stereocenters. The maximum Gasteiger partial charge on any atom is 0.490 e. The molecule has 0 N–H and O–H groups in total. The first-order valence-corrected chi connectivity index (χ1v) is 11.0. The van der Waals surface area contributed by atoms with Crippen molar-refractivity contribution in [1.29, 1.82) is 0 Å². The highest BCUT2D eigenvalue weighted by atomic mass is 16.7. The highest BCUT2D eigenvalue weighted by Crippen LogP contribution is 2.43. The van der Waals surface area contributed by atoms with E-state index in [9.17, 15) is 0 Å². The second-order valence-corrected chi connectivity index (χ2v) is 10.5. The highest BCUT2D eigenvalue weighted by molar-refractivity contribution is 6.54. The van der Waals surface area contributed by atoms with Crippen molar-refractivity contribution in [3.05, 3.63) is 11.5 Å². The van der Waals surface area contributed by atoms with E-state index in [0.717, 1.165) is 57.5 Å². The lowest BCUT2D eigenvalue weighted by molar-refractivity contribution is -0.0328. The topological polar surface area (TPSA) is 36.9 Å². The zero-order chi connectivity index (χ0) is 19.1. The third-order valence-electron chi connectivity index (χ3n) is 7.21. The Labute approximate surface area is 165 Å². The van der Waals surface area contributed by atoms with Crippen LogP contribution in [-0.2, 0) is 18.8 Å². The molecule has 5 heteroatoms. The van der Waals surface area contributed by atoms with Crippen LogP contribution in [0.15, 0.2) is 11.5 Å². The summed E-state index contributed by atoms with van der Waals surface area (Å²) in [4.78, 5) is 0. The van der Waals surface area contributed by atoms with E-state index in [1.807, 2.05) is 0 Å². The minimum absolute atomic E-state index is 0.122. The molecule has 0 atom stereocenters. The van der Waals surface area contributed by atoms with Crippen LogP contribution >= 0.6 is 0 Å². The Balaban J connectivity index is 1.36. The van der Waals surface area contributed by atoms with Gasteiger partial charge in [-0.05, 0) is 89.9 Å². The molecule has 1 heterocycles. The summed E-state index contributed by atoms with van der Waals surface area (Å²) >= 11 is 0.